The summed E-state index contributed by atoms with van der Waals surface area (Å²) in [7, 11) is 0. The Balaban J connectivity index is 1.53. The van der Waals surface area contributed by atoms with Crippen LogP contribution in [0.5, 0.6) is 0 Å². The van der Waals surface area contributed by atoms with Crippen LogP contribution in [0.25, 0.3) is 0 Å². The summed E-state index contributed by atoms with van der Waals surface area (Å²) in [4.78, 5) is 36.4. The first kappa shape index (κ1) is 24.0. The van der Waals surface area contributed by atoms with Gasteiger partial charge in [0.15, 0.2) is 11.6 Å². The molecular formula is C21H21ClF4N6O2. The summed E-state index contributed by atoms with van der Waals surface area (Å²) in [6.07, 6.45) is -1.80. The third-order valence-electron chi connectivity index (χ3n) is 5.88. The van der Waals surface area contributed by atoms with Crippen molar-refractivity contribution in [1.82, 2.24) is 14.9 Å². The number of piperidine rings is 2. The Morgan fingerprint density at radius 3 is 2.53 bits per heavy atom. The first-order valence-electron chi connectivity index (χ1n) is 10.6. The quantitative estimate of drug-likeness (QED) is 0.623. The topological polar surface area (TPSA) is 104 Å². The maximum atomic E-state index is 14.4. The van der Waals surface area contributed by atoms with Crippen molar-refractivity contribution in [1.29, 1.82) is 0 Å². The molecule has 1 aromatic carbocycles. The standard InChI is InChI=1S/C21H21ClF4N6O2/c22-12-7-11(21(24,25)26)8-13(9-12)30-14-3-1-5-31(19(14)33)15-4-2-6-32(20(15)34)18-16(23)17(27)28-10-29-18/h7-10,14-15,30H,1-6H2,(H2,27,28,29). The van der Waals surface area contributed by atoms with Crippen molar-refractivity contribution in [2.24, 2.45) is 0 Å². The van der Waals surface area contributed by atoms with Gasteiger partial charge in [-0.1, -0.05) is 11.6 Å². The number of nitrogens with two attached hydrogens (primary N) is 1. The first-order chi connectivity index (χ1) is 16.1. The molecule has 4 rings (SSSR count). The molecule has 0 saturated carbocycles. The minimum atomic E-state index is -4.60. The van der Waals surface area contributed by atoms with E-state index in [4.69, 9.17) is 17.3 Å². The molecule has 2 aliphatic rings. The van der Waals surface area contributed by atoms with Crippen LogP contribution in [-0.4, -0.2) is 51.9 Å². The van der Waals surface area contributed by atoms with Crippen molar-refractivity contribution in [2.45, 2.75) is 43.9 Å². The summed E-state index contributed by atoms with van der Waals surface area (Å²) in [6, 6.07) is 1.29. The molecule has 0 radical (unpaired) electrons. The van der Waals surface area contributed by atoms with E-state index in [-0.39, 0.29) is 23.1 Å². The number of likely N-dealkylation sites (tertiary alicyclic amines) is 1. The van der Waals surface area contributed by atoms with E-state index < -0.39 is 47.3 Å². The van der Waals surface area contributed by atoms with E-state index in [1.165, 1.54) is 11.0 Å². The van der Waals surface area contributed by atoms with Crippen LogP contribution >= 0.6 is 11.6 Å². The van der Waals surface area contributed by atoms with Crippen LogP contribution in [0.2, 0.25) is 5.02 Å². The number of nitrogens with one attached hydrogen (secondary N) is 1. The van der Waals surface area contributed by atoms with Crippen molar-refractivity contribution < 1.29 is 27.2 Å². The summed E-state index contributed by atoms with van der Waals surface area (Å²) in [5.41, 5.74) is 4.61. The third kappa shape index (κ3) is 4.72. The lowest BCUT2D eigenvalue weighted by atomic mass is 9.97. The largest absolute Gasteiger partial charge is 0.416 e. The second-order valence-corrected chi connectivity index (χ2v) is 8.58. The van der Waals surface area contributed by atoms with Gasteiger partial charge in [-0.15, -0.1) is 0 Å². The number of hydrogen-bond acceptors (Lipinski definition) is 6. The normalized spacial score (nSPS) is 21.7. The molecule has 8 nitrogen and oxygen atoms in total. The summed E-state index contributed by atoms with van der Waals surface area (Å²) in [6.45, 7) is 0.494. The Morgan fingerprint density at radius 2 is 1.79 bits per heavy atom. The summed E-state index contributed by atoms with van der Waals surface area (Å²) < 4.78 is 53.8. The van der Waals surface area contributed by atoms with Gasteiger partial charge in [0.05, 0.1) is 5.56 Å². The predicted molar refractivity (Wildman–Crippen MR) is 117 cm³/mol. The van der Waals surface area contributed by atoms with Crippen molar-refractivity contribution in [3.8, 4) is 0 Å². The van der Waals surface area contributed by atoms with E-state index in [1.807, 2.05) is 0 Å². The molecule has 1 aromatic heterocycles. The van der Waals surface area contributed by atoms with Gasteiger partial charge in [-0.2, -0.15) is 17.6 Å². The molecule has 0 spiro atoms. The highest BCUT2D eigenvalue weighted by Gasteiger charge is 2.41. The second-order valence-electron chi connectivity index (χ2n) is 8.14. The number of nitrogens with zero attached hydrogens (tertiary/aromatic N) is 4. The maximum absolute atomic E-state index is 14.4. The smallest absolute Gasteiger partial charge is 0.381 e. The van der Waals surface area contributed by atoms with Crippen LogP contribution in [0.15, 0.2) is 24.5 Å². The number of halogens is 5. The average molecular weight is 501 g/mol. The monoisotopic (exact) mass is 500 g/mol. The van der Waals surface area contributed by atoms with Crippen molar-refractivity contribution >= 4 is 40.7 Å². The Morgan fingerprint density at radius 1 is 1.06 bits per heavy atom. The zero-order chi connectivity index (χ0) is 24.6. The van der Waals surface area contributed by atoms with E-state index in [2.05, 4.69) is 15.3 Å². The van der Waals surface area contributed by atoms with E-state index >= 15 is 0 Å². The molecular weight excluding hydrogens is 480 g/mol. The minimum absolute atomic E-state index is 0.0511. The molecule has 182 valence electrons. The molecule has 2 saturated heterocycles. The Labute approximate surface area is 197 Å². The lowest BCUT2D eigenvalue weighted by Crippen LogP contribution is -2.59. The van der Waals surface area contributed by atoms with E-state index in [0.29, 0.717) is 32.2 Å². The molecule has 2 amide bonds. The second kappa shape index (κ2) is 9.24. The van der Waals surface area contributed by atoms with Crippen LogP contribution in [-0.2, 0) is 15.8 Å². The zero-order valence-corrected chi connectivity index (χ0v) is 18.5. The molecule has 3 N–H and O–H groups in total. The van der Waals surface area contributed by atoms with Crippen LogP contribution in [0.4, 0.5) is 34.9 Å². The van der Waals surface area contributed by atoms with Gasteiger partial charge in [0.25, 0.3) is 5.91 Å². The van der Waals surface area contributed by atoms with Crippen LogP contribution in [0, 0.1) is 5.82 Å². The van der Waals surface area contributed by atoms with Gasteiger partial charge in [0.1, 0.15) is 18.4 Å². The Bertz CT molecular complexity index is 1120. The molecule has 2 unspecified atom stereocenters. The average Bonchev–Trinajstić information content (AvgIpc) is 2.77. The number of benzene rings is 1. The van der Waals surface area contributed by atoms with Crippen molar-refractivity contribution in [3.63, 3.8) is 0 Å². The van der Waals surface area contributed by atoms with Gasteiger partial charge in [-0.05, 0) is 43.9 Å². The molecule has 2 fully saturated rings. The number of alkyl halides is 3. The van der Waals surface area contributed by atoms with Gasteiger partial charge < -0.3 is 16.0 Å². The Kier molecular flexibility index (Phi) is 6.52. The molecule has 3 heterocycles. The highest BCUT2D eigenvalue weighted by Crippen LogP contribution is 2.34. The van der Waals surface area contributed by atoms with Gasteiger partial charge in [-0.3, -0.25) is 14.5 Å². The Hall–Kier alpha value is -3.15. The number of hydrogen-bond donors (Lipinski definition) is 2. The predicted octanol–water partition coefficient (Wildman–Crippen LogP) is 3.47. The zero-order valence-electron chi connectivity index (χ0n) is 17.8. The number of amides is 2. The summed E-state index contributed by atoms with van der Waals surface area (Å²) >= 11 is 5.84. The van der Waals surface area contributed by atoms with Crippen LogP contribution < -0.4 is 16.0 Å². The molecule has 2 aliphatic heterocycles. The van der Waals surface area contributed by atoms with Gasteiger partial charge in [-0.25, -0.2) is 9.97 Å². The molecule has 0 bridgehead atoms. The highest BCUT2D eigenvalue weighted by molar-refractivity contribution is 6.31. The fourth-order valence-electron chi connectivity index (χ4n) is 4.30. The summed E-state index contributed by atoms with van der Waals surface area (Å²) in [5, 5.41) is 2.71. The fourth-order valence-corrected chi connectivity index (χ4v) is 4.53. The van der Waals surface area contributed by atoms with Crippen molar-refractivity contribution in [2.75, 3.05) is 29.0 Å². The molecule has 2 atom stereocenters. The number of anilines is 3. The van der Waals surface area contributed by atoms with Gasteiger partial charge in [0.2, 0.25) is 11.7 Å². The SMILES string of the molecule is Nc1ncnc(N2CCCC(N3CCCC(Nc4cc(Cl)cc(C(F)(F)F)c4)C3=O)C2=O)c1F. The van der Waals surface area contributed by atoms with E-state index in [0.717, 1.165) is 23.4 Å². The number of aromatic nitrogens is 2. The third-order valence-corrected chi connectivity index (χ3v) is 6.10. The maximum Gasteiger partial charge on any atom is 0.416 e. The number of carbonyl (C=O) groups is 2. The number of nitrogen functional groups attached to an aromatic ring is 1. The molecule has 13 heteroatoms. The lowest BCUT2D eigenvalue weighted by molar-refractivity contribution is -0.143. The lowest BCUT2D eigenvalue weighted by Gasteiger charge is -2.41. The van der Waals surface area contributed by atoms with E-state index in [9.17, 15) is 27.2 Å². The highest BCUT2D eigenvalue weighted by atomic mass is 35.5. The summed E-state index contributed by atoms with van der Waals surface area (Å²) in [5.74, 6) is -2.48. The van der Waals surface area contributed by atoms with Crippen LogP contribution in [0.1, 0.15) is 31.2 Å². The van der Waals surface area contributed by atoms with Crippen LogP contribution in [0.3, 0.4) is 0 Å². The minimum Gasteiger partial charge on any atom is -0.381 e. The number of rotatable bonds is 4. The molecule has 34 heavy (non-hydrogen) atoms. The first-order valence-corrected chi connectivity index (χ1v) is 11.0. The molecule has 2 aromatic rings. The fraction of sp³-hybridized carbons (Fsp3) is 0.429. The van der Waals surface area contributed by atoms with Gasteiger partial charge in [0, 0.05) is 23.8 Å². The van der Waals surface area contributed by atoms with Crippen molar-refractivity contribution in [3.05, 3.63) is 40.9 Å². The molecule has 0 aliphatic carbocycles. The van der Waals surface area contributed by atoms with Gasteiger partial charge >= 0.3 is 6.18 Å². The van der Waals surface area contributed by atoms with E-state index in [1.54, 1.807) is 0 Å². The number of carbonyl (C=O) groups excluding carboxylic acids is 2.